The molecule has 0 spiro atoms. The first-order valence-electron chi connectivity index (χ1n) is 5.25. The number of halogens is 2. The Morgan fingerprint density at radius 3 is 2.78 bits per heavy atom. The smallest absolute Gasteiger partial charge is 0.124 e. The summed E-state index contributed by atoms with van der Waals surface area (Å²) in [6.45, 7) is 0. The van der Waals surface area contributed by atoms with Crippen LogP contribution >= 0.6 is 38.9 Å². The molecule has 2 N–H and O–H groups in total. The summed E-state index contributed by atoms with van der Waals surface area (Å²) in [4.78, 5) is 4.58. The lowest BCUT2D eigenvalue weighted by Gasteiger charge is -2.00. The molecule has 0 atom stereocenters. The average Bonchev–Trinajstić information content (AvgIpc) is 2.75. The molecule has 0 fully saturated rings. The second kappa shape index (κ2) is 4.53. The van der Waals surface area contributed by atoms with Crippen molar-refractivity contribution in [3.63, 3.8) is 0 Å². The lowest BCUT2D eigenvalue weighted by molar-refractivity contribution is 1.47. The molecule has 0 amide bonds. The number of fused-ring (bicyclic) bond motifs is 1. The van der Waals surface area contributed by atoms with E-state index in [2.05, 4.69) is 20.9 Å². The predicted octanol–water partition coefficient (Wildman–Crippen LogP) is 4.96. The summed E-state index contributed by atoms with van der Waals surface area (Å²) in [5.41, 5.74) is 8.54. The SMILES string of the molecule is Nc1cc(-c2nc3cc(Cl)ccc3s2)ccc1Br. The highest BCUT2D eigenvalue weighted by atomic mass is 79.9. The molecular formula is C13H8BrClN2S. The third-order valence-corrected chi connectivity index (χ3v) is 4.64. The molecule has 5 heteroatoms. The van der Waals surface area contributed by atoms with Gasteiger partial charge < -0.3 is 5.73 Å². The number of aromatic nitrogens is 1. The first-order valence-corrected chi connectivity index (χ1v) is 7.24. The summed E-state index contributed by atoms with van der Waals surface area (Å²) in [6, 6.07) is 11.6. The van der Waals surface area contributed by atoms with E-state index in [1.165, 1.54) is 0 Å². The Balaban J connectivity index is 2.16. The van der Waals surface area contributed by atoms with Gasteiger partial charge in [0.2, 0.25) is 0 Å². The molecule has 1 aromatic heterocycles. The van der Waals surface area contributed by atoms with Gasteiger partial charge in [-0.05, 0) is 46.3 Å². The number of hydrogen-bond acceptors (Lipinski definition) is 3. The molecule has 0 aliphatic rings. The number of nitrogen functional groups attached to an aromatic ring is 1. The molecular weight excluding hydrogens is 332 g/mol. The Kier molecular flexibility index (Phi) is 3.01. The number of rotatable bonds is 1. The van der Waals surface area contributed by atoms with Crippen molar-refractivity contribution in [1.29, 1.82) is 0 Å². The standard InChI is InChI=1S/C13H8BrClN2S/c14-9-3-1-7(5-10(9)16)13-17-11-6-8(15)2-4-12(11)18-13/h1-6H,16H2. The zero-order chi connectivity index (χ0) is 12.7. The van der Waals surface area contributed by atoms with Crippen molar-refractivity contribution in [2.75, 3.05) is 5.73 Å². The van der Waals surface area contributed by atoms with Crippen LogP contribution in [0.3, 0.4) is 0 Å². The van der Waals surface area contributed by atoms with Crippen molar-refractivity contribution < 1.29 is 0 Å². The van der Waals surface area contributed by atoms with Gasteiger partial charge in [0.25, 0.3) is 0 Å². The minimum Gasteiger partial charge on any atom is -0.398 e. The monoisotopic (exact) mass is 338 g/mol. The Morgan fingerprint density at radius 2 is 2.00 bits per heavy atom. The van der Waals surface area contributed by atoms with Gasteiger partial charge in [-0.25, -0.2) is 4.98 Å². The number of anilines is 1. The van der Waals surface area contributed by atoms with Crippen LogP contribution in [0.4, 0.5) is 5.69 Å². The summed E-state index contributed by atoms with van der Waals surface area (Å²) >= 11 is 11.0. The third-order valence-electron chi connectivity index (χ3n) is 2.59. The van der Waals surface area contributed by atoms with Crippen LogP contribution in [0, 0.1) is 0 Å². The molecule has 0 saturated heterocycles. The van der Waals surface area contributed by atoms with Crippen molar-refractivity contribution >= 4 is 54.8 Å². The maximum Gasteiger partial charge on any atom is 0.124 e. The van der Waals surface area contributed by atoms with Crippen LogP contribution in [0.15, 0.2) is 40.9 Å². The topological polar surface area (TPSA) is 38.9 Å². The minimum atomic E-state index is 0.703. The summed E-state index contributed by atoms with van der Waals surface area (Å²) in [5, 5.41) is 1.65. The fourth-order valence-electron chi connectivity index (χ4n) is 1.70. The van der Waals surface area contributed by atoms with E-state index in [0.717, 1.165) is 25.3 Å². The van der Waals surface area contributed by atoms with E-state index in [4.69, 9.17) is 17.3 Å². The molecule has 0 aliphatic heterocycles. The van der Waals surface area contributed by atoms with Gasteiger partial charge in [0.15, 0.2) is 0 Å². The maximum absolute atomic E-state index is 5.96. The quantitative estimate of drug-likeness (QED) is 0.636. The highest BCUT2D eigenvalue weighted by Gasteiger charge is 2.08. The Bertz CT molecular complexity index is 739. The largest absolute Gasteiger partial charge is 0.398 e. The molecule has 0 radical (unpaired) electrons. The number of thiazole rings is 1. The lowest BCUT2D eigenvalue weighted by Crippen LogP contribution is -1.87. The molecule has 2 aromatic carbocycles. The van der Waals surface area contributed by atoms with Crippen molar-refractivity contribution in [3.8, 4) is 10.6 Å². The van der Waals surface area contributed by atoms with Crippen LogP contribution in [0.25, 0.3) is 20.8 Å². The van der Waals surface area contributed by atoms with Gasteiger partial charge >= 0.3 is 0 Å². The van der Waals surface area contributed by atoms with Crippen LogP contribution in [0.5, 0.6) is 0 Å². The van der Waals surface area contributed by atoms with E-state index >= 15 is 0 Å². The molecule has 18 heavy (non-hydrogen) atoms. The summed E-state index contributed by atoms with van der Waals surface area (Å²) in [7, 11) is 0. The van der Waals surface area contributed by atoms with Crippen LogP contribution in [0.1, 0.15) is 0 Å². The van der Waals surface area contributed by atoms with Crippen LogP contribution in [-0.2, 0) is 0 Å². The second-order valence-corrected chi connectivity index (χ2v) is 6.19. The van der Waals surface area contributed by atoms with E-state index in [9.17, 15) is 0 Å². The van der Waals surface area contributed by atoms with E-state index < -0.39 is 0 Å². The van der Waals surface area contributed by atoms with Gasteiger partial charge in [-0.1, -0.05) is 17.7 Å². The Morgan fingerprint density at radius 1 is 1.17 bits per heavy atom. The van der Waals surface area contributed by atoms with Crippen molar-refractivity contribution in [3.05, 3.63) is 45.9 Å². The Hall–Kier alpha value is -1.10. The molecule has 1 heterocycles. The summed E-state index contributed by atoms with van der Waals surface area (Å²) in [6.07, 6.45) is 0. The molecule has 0 bridgehead atoms. The van der Waals surface area contributed by atoms with Crippen LogP contribution in [0.2, 0.25) is 5.02 Å². The predicted molar refractivity (Wildman–Crippen MR) is 82.2 cm³/mol. The fraction of sp³-hybridized carbons (Fsp3) is 0. The van der Waals surface area contributed by atoms with Crippen LogP contribution < -0.4 is 5.73 Å². The minimum absolute atomic E-state index is 0.703. The first-order chi connectivity index (χ1) is 8.63. The molecule has 0 unspecified atom stereocenters. The van der Waals surface area contributed by atoms with E-state index in [1.54, 1.807) is 11.3 Å². The van der Waals surface area contributed by atoms with Gasteiger partial charge in [-0.3, -0.25) is 0 Å². The summed E-state index contributed by atoms with van der Waals surface area (Å²) < 4.78 is 2.02. The number of benzene rings is 2. The zero-order valence-corrected chi connectivity index (χ0v) is 12.3. The molecule has 90 valence electrons. The molecule has 3 aromatic rings. The van der Waals surface area contributed by atoms with Crippen LogP contribution in [-0.4, -0.2) is 4.98 Å². The Labute approximate surface area is 122 Å². The zero-order valence-electron chi connectivity index (χ0n) is 9.15. The van der Waals surface area contributed by atoms with Gasteiger partial charge in [0.05, 0.1) is 10.2 Å². The molecule has 2 nitrogen and oxygen atoms in total. The lowest BCUT2D eigenvalue weighted by atomic mass is 10.2. The number of hydrogen-bond donors (Lipinski definition) is 1. The highest BCUT2D eigenvalue weighted by Crippen LogP contribution is 2.33. The van der Waals surface area contributed by atoms with Crippen molar-refractivity contribution in [2.24, 2.45) is 0 Å². The molecule has 0 saturated carbocycles. The van der Waals surface area contributed by atoms with Gasteiger partial charge in [-0.2, -0.15) is 0 Å². The fourth-order valence-corrected chi connectivity index (χ4v) is 3.06. The van der Waals surface area contributed by atoms with Gasteiger partial charge in [-0.15, -0.1) is 11.3 Å². The van der Waals surface area contributed by atoms with E-state index in [1.807, 2.05) is 36.4 Å². The third kappa shape index (κ3) is 2.11. The molecule has 3 rings (SSSR count). The maximum atomic E-state index is 5.96. The van der Waals surface area contributed by atoms with Crippen molar-refractivity contribution in [2.45, 2.75) is 0 Å². The van der Waals surface area contributed by atoms with Gasteiger partial charge in [0, 0.05) is 20.7 Å². The van der Waals surface area contributed by atoms with Gasteiger partial charge in [0.1, 0.15) is 5.01 Å². The number of nitrogens with two attached hydrogens (primary N) is 1. The van der Waals surface area contributed by atoms with Crippen molar-refractivity contribution in [1.82, 2.24) is 4.98 Å². The first kappa shape index (κ1) is 12.0. The normalized spacial score (nSPS) is 11.0. The summed E-state index contributed by atoms with van der Waals surface area (Å²) in [5.74, 6) is 0. The second-order valence-electron chi connectivity index (χ2n) is 3.87. The highest BCUT2D eigenvalue weighted by molar-refractivity contribution is 9.10. The molecule has 0 aliphatic carbocycles. The van der Waals surface area contributed by atoms with E-state index in [0.29, 0.717) is 10.7 Å². The number of nitrogens with zero attached hydrogens (tertiary/aromatic N) is 1. The van der Waals surface area contributed by atoms with E-state index in [-0.39, 0.29) is 0 Å². The average molecular weight is 340 g/mol.